The number of anilines is 1. The molecule has 0 fully saturated rings. The highest BCUT2D eigenvalue weighted by Crippen LogP contribution is 2.16. The van der Waals surface area contributed by atoms with Crippen molar-refractivity contribution >= 4 is 5.69 Å². The average molecular weight is 261 g/mol. The first-order valence-corrected chi connectivity index (χ1v) is 6.05. The maximum absolute atomic E-state index is 13.1. The van der Waals surface area contributed by atoms with Gasteiger partial charge in [0, 0.05) is 12.3 Å². The zero-order chi connectivity index (χ0) is 13.7. The van der Waals surface area contributed by atoms with E-state index in [9.17, 15) is 4.39 Å². The summed E-state index contributed by atoms with van der Waals surface area (Å²) >= 11 is 0. The monoisotopic (exact) mass is 261 g/mol. The van der Waals surface area contributed by atoms with Crippen LogP contribution >= 0.6 is 0 Å². The quantitative estimate of drug-likeness (QED) is 0.813. The van der Waals surface area contributed by atoms with E-state index >= 15 is 0 Å². The van der Waals surface area contributed by atoms with Crippen LogP contribution < -0.4 is 10.5 Å². The van der Waals surface area contributed by atoms with Gasteiger partial charge in [-0.25, -0.2) is 4.39 Å². The van der Waals surface area contributed by atoms with Crippen LogP contribution in [0.5, 0.6) is 5.75 Å². The number of halogens is 1. The van der Waals surface area contributed by atoms with Crippen LogP contribution in [0.15, 0.2) is 42.5 Å². The van der Waals surface area contributed by atoms with Crippen molar-refractivity contribution in [3.63, 3.8) is 0 Å². The number of benzene rings is 2. The van der Waals surface area contributed by atoms with Crippen LogP contribution in [0.25, 0.3) is 0 Å². The second-order valence-electron chi connectivity index (χ2n) is 4.30. The molecule has 3 nitrogen and oxygen atoms in total. The van der Waals surface area contributed by atoms with Crippen molar-refractivity contribution in [3.05, 3.63) is 59.4 Å². The maximum Gasteiger partial charge on any atom is 0.125 e. The van der Waals surface area contributed by atoms with E-state index < -0.39 is 0 Å². The van der Waals surface area contributed by atoms with Crippen LogP contribution in [0, 0.1) is 5.82 Å². The zero-order valence-electron chi connectivity index (χ0n) is 10.5. The van der Waals surface area contributed by atoms with Crippen LogP contribution in [-0.2, 0) is 13.0 Å². The number of nitrogen functional groups attached to an aromatic ring is 1. The Morgan fingerprint density at radius 1 is 1.05 bits per heavy atom. The smallest absolute Gasteiger partial charge is 0.125 e. The molecule has 0 radical (unpaired) electrons. The summed E-state index contributed by atoms with van der Waals surface area (Å²) in [6, 6.07) is 11.8. The molecule has 4 heteroatoms. The molecule has 0 saturated heterocycles. The van der Waals surface area contributed by atoms with Crippen molar-refractivity contribution < 1.29 is 14.2 Å². The van der Waals surface area contributed by atoms with E-state index in [4.69, 9.17) is 15.6 Å². The molecule has 2 aromatic rings. The lowest BCUT2D eigenvalue weighted by Gasteiger charge is -2.08. The molecular weight excluding hydrogens is 245 g/mol. The Kier molecular flexibility index (Phi) is 4.36. The molecule has 0 heterocycles. The summed E-state index contributed by atoms with van der Waals surface area (Å²) in [5.41, 5.74) is 7.69. The SMILES string of the molecule is Nc1cc(F)cc(COc2ccc(CCO)cc2)c1. The highest BCUT2D eigenvalue weighted by Gasteiger charge is 2.00. The number of hydrogen-bond acceptors (Lipinski definition) is 3. The van der Waals surface area contributed by atoms with E-state index in [-0.39, 0.29) is 19.0 Å². The molecule has 0 aliphatic heterocycles. The Hall–Kier alpha value is -2.07. The van der Waals surface area contributed by atoms with Gasteiger partial charge in [0.15, 0.2) is 0 Å². The van der Waals surface area contributed by atoms with Crippen molar-refractivity contribution in [2.75, 3.05) is 12.3 Å². The molecule has 100 valence electrons. The molecule has 0 aromatic heterocycles. The molecular formula is C15H16FNO2. The first-order valence-electron chi connectivity index (χ1n) is 6.05. The summed E-state index contributed by atoms with van der Waals surface area (Å²) in [4.78, 5) is 0. The van der Waals surface area contributed by atoms with Gasteiger partial charge in [-0.2, -0.15) is 0 Å². The third kappa shape index (κ3) is 3.96. The van der Waals surface area contributed by atoms with Crippen LogP contribution in [-0.4, -0.2) is 11.7 Å². The van der Waals surface area contributed by atoms with Crippen LogP contribution in [0.2, 0.25) is 0 Å². The summed E-state index contributed by atoms with van der Waals surface area (Å²) in [5, 5.41) is 8.81. The molecule has 0 bridgehead atoms. The lowest BCUT2D eigenvalue weighted by molar-refractivity contribution is 0.298. The normalized spacial score (nSPS) is 10.4. The highest BCUT2D eigenvalue weighted by molar-refractivity contribution is 5.41. The second kappa shape index (κ2) is 6.20. The van der Waals surface area contributed by atoms with Crippen molar-refractivity contribution in [1.29, 1.82) is 0 Å². The average Bonchev–Trinajstić information content (AvgIpc) is 2.37. The molecule has 0 aliphatic rings. The Balaban J connectivity index is 1.98. The van der Waals surface area contributed by atoms with Gasteiger partial charge in [0.2, 0.25) is 0 Å². The Morgan fingerprint density at radius 2 is 1.79 bits per heavy atom. The van der Waals surface area contributed by atoms with Gasteiger partial charge in [0.05, 0.1) is 0 Å². The second-order valence-corrected chi connectivity index (χ2v) is 4.30. The van der Waals surface area contributed by atoms with Gasteiger partial charge in [-0.1, -0.05) is 12.1 Å². The number of aliphatic hydroxyl groups is 1. The molecule has 0 atom stereocenters. The minimum absolute atomic E-state index is 0.128. The minimum atomic E-state index is -0.364. The Labute approximate surface area is 111 Å². The van der Waals surface area contributed by atoms with E-state index in [1.165, 1.54) is 12.1 Å². The standard InChI is InChI=1S/C15H16FNO2/c16-13-7-12(8-14(17)9-13)10-19-15-3-1-11(2-4-15)5-6-18/h1-4,7-9,18H,5-6,10,17H2. The molecule has 2 rings (SSSR count). The highest BCUT2D eigenvalue weighted by atomic mass is 19.1. The summed E-state index contributed by atoms with van der Waals surface area (Å²) < 4.78 is 18.7. The van der Waals surface area contributed by atoms with Crippen LogP contribution in [0.3, 0.4) is 0 Å². The van der Waals surface area contributed by atoms with Crippen LogP contribution in [0.4, 0.5) is 10.1 Å². The predicted molar refractivity (Wildman–Crippen MR) is 72.4 cm³/mol. The largest absolute Gasteiger partial charge is 0.489 e. The van der Waals surface area contributed by atoms with Gasteiger partial charge in [0.25, 0.3) is 0 Å². The Morgan fingerprint density at radius 3 is 2.42 bits per heavy atom. The third-order valence-corrected chi connectivity index (χ3v) is 2.71. The van der Waals surface area contributed by atoms with Crippen molar-refractivity contribution in [1.82, 2.24) is 0 Å². The van der Waals surface area contributed by atoms with Gasteiger partial charge >= 0.3 is 0 Å². The van der Waals surface area contributed by atoms with E-state index in [0.29, 0.717) is 23.4 Å². The van der Waals surface area contributed by atoms with E-state index in [2.05, 4.69) is 0 Å². The zero-order valence-corrected chi connectivity index (χ0v) is 10.5. The van der Waals surface area contributed by atoms with E-state index in [0.717, 1.165) is 5.56 Å². The number of rotatable bonds is 5. The Bertz CT molecular complexity index is 520. The van der Waals surface area contributed by atoms with Crippen LogP contribution in [0.1, 0.15) is 11.1 Å². The molecule has 0 amide bonds. The van der Waals surface area contributed by atoms with E-state index in [1.807, 2.05) is 24.3 Å². The molecule has 19 heavy (non-hydrogen) atoms. The topological polar surface area (TPSA) is 55.5 Å². The molecule has 0 spiro atoms. The minimum Gasteiger partial charge on any atom is -0.489 e. The van der Waals surface area contributed by atoms with E-state index in [1.54, 1.807) is 6.07 Å². The molecule has 0 saturated carbocycles. The maximum atomic E-state index is 13.1. The van der Waals surface area contributed by atoms with Gasteiger partial charge in [-0.15, -0.1) is 0 Å². The van der Waals surface area contributed by atoms with Gasteiger partial charge in [-0.3, -0.25) is 0 Å². The van der Waals surface area contributed by atoms with Gasteiger partial charge < -0.3 is 15.6 Å². The van der Waals surface area contributed by atoms with Crippen molar-refractivity contribution in [2.24, 2.45) is 0 Å². The first-order chi connectivity index (χ1) is 9.17. The fraction of sp³-hybridized carbons (Fsp3) is 0.200. The van der Waals surface area contributed by atoms with Gasteiger partial charge in [-0.05, 0) is 47.9 Å². The fourth-order valence-corrected chi connectivity index (χ4v) is 1.81. The number of nitrogens with two attached hydrogens (primary N) is 1. The molecule has 2 aromatic carbocycles. The molecule has 0 aliphatic carbocycles. The lowest BCUT2D eigenvalue weighted by atomic mass is 10.1. The van der Waals surface area contributed by atoms with Gasteiger partial charge in [0.1, 0.15) is 18.2 Å². The fourth-order valence-electron chi connectivity index (χ4n) is 1.81. The lowest BCUT2D eigenvalue weighted by Crippen LogP contribution is -1.98. The summed E-state index contributed by atoms with van der Waals surface area (Å²) in [6.07, 6.45) is 0.626. The molecule has 3 N–H and O–H groups in total. The van der Waals surface area contributed by atoms with Crippen molar-refractivity contribution in [3.8, 4) is 5.75 Å². The van der Waals surface area contributed by atoms with Crippen molar-refractivity contribution in [2.45, 2.75) is 13.0 Å². The number of aliphatic hydroxyl groups excluding tert-OH is 1. The summed E-state index contributed by atoms with van der Waals surface area (Å²) in [7, 11) is 0. The number of hydrogen-bond donors (Lipinski definition) is 2. The first kappa shape index (κ1) is 13.4. The number of ether oxygens (including phenoxy) is 1. The summed E-state index contributed by atoms with van der Waals surface area (Å²) in [5.74, 6) is 0.335. The third-order valence-electron chi connectivity index (χ3n) is 2.71. The summed E-state index contributed by atoms with van der Waals surface area (Å²) in [6.45, 7) is 0.393. The molecule has 0 unspecified atom stereocenters. The predicted octanol–water partition coefficient (Wildman–Crippen LogP) is 2.52.